The summed E-state index contributed by atoms with van der Waals surface area (Å²) in [6.45, 7) is 10.5. The summed E-state index contributed by atoms with van der Waals surface area (Å²) >= 11 is 0. The zero-order valence-corrected chi connectivity index (χ0v) is 23.6. The van der Waals surface area contributed by atoms with Crippen molar-refractivity contribution in [3.05, 3.63) is 0 Å². The highest BCUT2D eigenvalue weighted by Crippen LogP contribution is 2.38. The number of Topliss-reactive ketones (excluding diaryl/α,β-unsaturated/α-hetero) is 1. The predicted octanol–water partition coefficient (Wildman–Crippen LogP) is 4.76. The number of nitrogens with zero attached hydrogens (tertiary/aromatic N) is 1. The first-order chi connectivity index (χ1) is 16.3. The Hall–Kier alpha value is -0.320. The first kappa shape index (κ1) is 31.7. The maximum absolute atomic E-state index is 12.6. The molecule has 1 aliphatic heterocycles. The van der Waals surface area contributed by atoms with Crippen molar-refractivity contribution < 1.29 is 28.5 Å². The van der Waals surface area contributed by atoms with Gasteiger partial charge < -0.3 is 23.8 Å². The van der Waals surface area contributed by atoms with E-state index in [9.17, 15) is 9.59 Å². The molecule has 200 valence electrons. The van der Waals surface area contributed by atoms with E-state index in [0.29, 0.717) is 51.4 Å². The van der Waals surface area contributed by atoms with Gasteiger partial charge in [-0.15, -0.1) is 0 Å². The Kier molecular flexibility index (Phi) is 17.6. The standard InChI is InChI=1S/C25H47NO6S2/c1-6-13-31-14-15-32-16-17-33-34-25(2,3)12-11-22(27)9-7-8-10-24(28)26-19-23(30-5)18-21(26)20-29-4/h21,23H,6-20H2,1-5H3/t21-,23+/m1/s1. The number of methoxy groups -OCH3 is 2. The summed E-state index contributed by atoms with van der Waals surface area (Å²) in [4.78, 5) is 26.9. The average molecular weight is 522 g/mol. The number of ether oxygens (including phenoxy) is 4. The lowest BCUT2D eigenvalue weighted by Crippen LogP contribution is -2.38. The summed E-state index contributed by atoms with van der Waals surface area (Å²) in [5, 5.41) is 0. The Morgan fingerprint density at radius 1 is 1.00 bits per heavy atom. The van der Waals surface area contributed by atoms with Gasteiger partial charge in [-0.1, -0.05) is 28.5 Å². The summed E-state index contributed by atoms with van der Waals surface area (Å²) in [6.07, 6.45) is 5.94. The van der Waals surface area contributed by atoms with Gasteiger partial charge in [0.1, 0.15) is 5.78 Å². The van der Waals surface area contributed by atoms with Gasteiger partial charge in [-0.3, -0.25) is 9.59 Å². The lowest BCUT2D eigenvalue weighted by Gasteiger charge is -2.24. The largest absolute Gasteiger partial charge is 0.383 e. The molecule has 0 spiro atoms. The van der Waals surface area contributed by atoms with Crippen molar-refractivity contribution in [2.75, 3.05) is 59.6 Å². The number of hydrogen-bond donors (Lipinski definition) is 0. The molecule has 0 unspecified atom stereocenters. The van der Waals surface area contributed by atoms with Crippen LogP contribution in [0.25, 0.3) is 0 Å². The molecule has 34 heavy (non-hydrogen) atoms. The minimum atomic E-state index is 0.0462. The van der Waals surface area contributed by atoms with Crippen LogP contribution >= 0.6 is 21.6 Å². The van der Waals surface area contributed by atoms with Gasteiger partial charge in [0.25, 0.3) is 0 Å². The van der Waals surface area contributed by atoms with Gasteiger partial charge in [0, 0.05) is 57.1 Å². The van der Waals surface area contributed by atoms with Crippen LogP contribution in [0.15, 0.2) is 0 Å². The molecule has 1 rings (SSSR count). The van der Waals surface area contributed by atoms with Crippen molar-refractivity contribution in [1.82, 2.24) is 4.90 Å². The summed E-state index contributed by atoms with van der Waals surface area (Å²) in [5.41, 5.74) is 0. The van der Waals surface area contributed by atoms with Gasteiger partial charge in [0.05, 0.1) is 38.6 Å². The van der Waals surface area contributed by atoms with Crippen LogP contribution < -0.4 is 0 Å². The van der Waals surface area contributed by atoms with Crippen LogP contribution in [0.5, 0.6) is 0 Å². The van der Waals surface area contributed by atoms with E-state index in [1.165, 1.54) is 0 Å². The molecule has 1 amide bonds. The Balaban J connectivity index is 2.11. The molecular formula is C25H47NO6S2. The maximum atomic E-state index is 12.6. The highest BCUT2D eigenvalue weighted by molar-refractivity contribution is 8.77. The summed E-state index contributed by atoms with van der Waals surface area (Å²) in [5.74, 6) is 1.36. The monoisotopic (exact) mass is 521 g/mol. The molecule has 1 heterocycles. The minimum absolute atomic E-state index is 0.0462. The third-order valence-corrected chi connectivity index (χ3v) is 9.12. The number of carbonyl (C=O) groups excluding carboxylic acids is 2. The fraction of sp³-hybridized carbons (Fsp3) is 0.920. The molecule has 0 aromatic rings. The molecule has 2 atom stereocenters. The number of rotatable bonds is 21. The molecule has 0 radical (unpaired) electrons. The highest BCUT2D eigenvalue weighted by Gasteiger charge is 2.34. The molecule has 1 aliphatic rings. The summed E-state index contributed by atoms with van der Waals surface area (Å²) in [6, 6.07) is 0.0908. The molecular weight excluding hydrogens is 474 g/mol. The van der Waals surface area contributed by atoms with E-state index in [1.807, 2.05) is 15.7 Å². The maximum Gasteiger partial charge on any atom is 0.222 e. The van der Waals surface area contributed by atoms with Crippen molar-refractivity contribution in [2.24, 2.45) is 0 Å². The molecule has 7 nitrogen and oxygen atoms in total. The topological polar surface area (TPSA) is 74.3 Å². The summed E-state index contributed by atoms with van der Waals surface area (Å²) in [7, 11) is 6.98. The van der Waals surface area contributed by atoms with Crippen LogP contribution in [0.2, 0.25) is 0 Å². The molecule has 0 bridgehead atoms. The number of carbonyl (C=O) groups is 2. The van der Waals surface area contributed by atoms with Crippen LogP contribution in [0.3, 0.4) is 0 Å². The molecule has 0 N–H and O–H groups in total. The van der Waals surface area contributed by atoms with Crippen LogP contribution in [0.4, 0.5) is 0 Å². The molecule has 1 fully saturated rings. The van der Waals surface area contributed by atoms with Crippen molar-refractivity contribution in [2.45, 2.75) is 89.0 Å². The predicted molar refractivity (Wildman–Crippen MR) is 142 cm³/mol. The fourth-order valence-electron chi connectivity index (χ4n) is 3.81. The van der Waals surface area contributed by atoms with Crippen LogP contribution in [0, 0.1) is 0 Å². The SMILES string of the molecule is CCCOCCOCCSSC(C)(C)CCC(=O)CCCCC(=O)N1C[C@@H](OC)C[C@@H]1COC. The minimum Gasteiger partial charge on any atom is -0.383 e. The summed E-state index contributed by atoms with van der Waals surface area (Å²) < 4.78 is 21.7. The number of ketones is 1. The van der Waals surface area contributed by atoms with Gasteiger partial charge in [-0.05, 0) is 46.0 Å². The van der Waals surface area contributed by atoms with Crippen LogP contribution in [-0.2, 0) is 28.5 Å². The smallest absolute Gasteiger partial charge is 0.222 e. The first-order valence-electron chi connectivity index (χ1n) is 12.6. The quantitative estimate of drug-likeness (QED) is 0.158. The van der Waals surface area contributed by atoms with E-state index in [4.69, 9.17) is 18.9 Å². The second-order valence-corrected chi connectivity index (χ2v) is 12.5. The average Bonchev–Trinajstić information content (AvgIpc) is 3.23. The third kappa shape index (κ3) is 14.3. The Morgan fingerprint density at radius 3 is 2.38 bits per heavy atom. The van der Waals surface area contributed by atoms with E-state index in [2.05, 4.69) is 20.8 Å². The Labute approximate surface area is 215 Å². The first-order valence-corrected chi connectivity index (χ1v) is 14.9. The normalized spacial score (nSPS) is 18.6. The van der Waals surface area contributed by atoms with Gasteiger partial charge in [0.2, 0.25) is 5.91 Å². The zero-order chi connectivity index (χ0) is 25.2. The van der Waals surface area contributed by atoms with Crippen molar-refractivity contribution >= 4 is 33.3 Å². The van der Waals surface area contributed by atoms with E-state index in [-0.39, 0.29) is 22.8 Å². The van der Waals surface area contributed by atoms with Gasteiger partial charge in [-0.2, -0.15) is 0 Å². The number of amides is 1. The van der Waals surface area contributed by atoms with Gasteiger partial charge >= 0.3 is 0 Å². The second kappa shape index (κ2) is 18.9. The highest BCUT2D eigenvalue weighted by atomic mass is 33.1. The molecule has 0 aromatic carbocycles. The van der Waals surface area contributed by atoms with Crippen molar-refractivity contribution in [3.63, 3.8) is 0 Å². The Bertz CT molecular complexity index is 564. The van der Waals surface area contributed by atoms with E-state index < -0.39 is 0 Å². The second-order valence-electron chi connectivity index (χ2n) is 9.38. The van der Waals surface area contributed by atoms with Gasteiger partial charge in [0.15, 0.2) is 0 Å². The number of likely N-dealkylation sites (tertiary alicyclic amines) is 1. The Morgan fingerprint density at radius 2 is 1.71 bits per heavy atom. The van der Waals surface area contributed by atoms with E-state index >= 15 is 0 Å². The lowest BCUT2D eigenvalue weighted by molar-refractivity contribution is -0.133. The van der Waals surface area contributed by atoms with Crippen LogP contribution in [-0.4, -0.2) is 93.0 Å². The molecule has 0 aliphatic carbocycles. The molecule has 9 heteroatoms. The van der Waals surface area contributed by atoms with Crippen molar-refractivity contribution in [3.8, 4) is 0 Å². The fourth-order valence-corrected chi connectivity index (χ4v) is 6.24. The van der Waals surface area contributed by atoms with E-state index in [0.717, 1.165) is 51.1 Å². The van der Waals surface area contributed by atoms with E-state index in [1.54, 1.807) is 25.0 Å². The molecule has 0 aromatic heterocycles. The number of unbranched alkanes of at least 4 members (excludes halogenated alkanes) is 1. The number of hydrogen-bond acceptors (Lipinski definition) is 8. The van der Waals surface area contributed by atoms with Crippen LogP contribution in [0.1, 0.15) is 72.1 Å². The zero-order valence-electron chi connectivity index (χ0n) is 22.0. The molecule has 1 saturated heterocycles. The van der Waals surface area contributed by atoms with Gasteiger partial charge in [-0.25, -0.2) is 0 Å². The third-order valence-electron chi connectivity index (χ3n) is 5.81. The molecule has 0 saturated carbocycles. The lowest BCUT2D eigenvalue weighted by atomic mass is 10.0. The van der Waals surface area contributed by atoms with Crippen molar-refractivity contribution in [1.29, 1.82) is 0 Å².